The Kier molecular flexibility index (Phi) is 5.92. The molecule has 2 unspecified atom stereocenters. The van der Waals surface area contributed by atoms with Gasteiger partial charge in [-0.15, -0.1) is 0 Å². The Labute approximate surface area is 124 Å². The first kappa shape index (κ1) is 15.1. The van der Waals surface area contributed by atoms with E-state index < -0.39 is 0 Å². The third-order valence-electron chi connectivity index (χ3n) is 3.36. The molecule has 3 nitrogen and oxygen atoms in total. The molecule has 1 aliphatic rings. The van der Waals surface area contributed by atoms with Gasteiger partial charge in [-0.1, -0.05) is 29.3 Å². The highest BCUT2D eigenvalue weighted by atomic mass is 35.5. The first-order chi connectivity index (χ1) is 9.20. The molecule has 0 spiro atoms. The van der Waals surface area contributed by atoms with Crippen LogP contribution in [0.5, 0.6) is 0 Å². The predicted molar refractivity (Wildman–Crippen MR) is 77.8 cm³/mol. The summed E-state index contributed by atoms with van der Waals surface area (Å²) in [6, 6.07) is 5.66. The van der Waals surface area contributed by atoms with Crippen LogP contribution in [0.3, 0.4) is 0 Å². The molecule has 0 radical (unpaired) electrons. The van der Waals surface area contributed by atoms with Gasteiger partial charge in [0.25, 0.3) is 0 Å². The molecule has 1 heterocycles. The van der Waals surface area contributed by atoms with Gasteiger partial charge in [-0.05, 0) is 43.0 Å². The normalized spacial score (nSPS) is 20.7. The molecule has 1 aliphatic heterocycles. The van der Waals surface area contributed by atoms with E-state index in [1.165, 1.54) is 0 Å². The van der Waals surface area contributed by atoms with E-state index in [1.807, 2.05) is 18.2 Å². The maximum absolute atomic E-state index is 6.03. The molecule has 0 bridgehead atoms. The lowest BCUT2D eigenvalue weighted by Crippen LogP contribution is -2.17. The molecule has 1 fully saturated rings. The third-order valence-corrected chi connectivity index (χ3v) is 4.10. The summed E-state index contributed by atoms with van der Waals surface area (Å²) >= 11 is 11.9. The standard InChI is InChI=1S/C14H19Cl2NO2/c15-12-4-3-10(8-13(12)16)11(9-17)5-7-19-14-2-1-6-18-14/h3-4,8,11,14H,1-2,5-7,9,17H2. The molecule has 0 aromatic heterocycles. The average Bonchev–Trinajstić information content (AvgIpc) is 2.91. The molecular formula is C14H19Cl2NO2. The molecule has 5 heteroatoms. The summed E-state index contributed by atoms with van der Waals surface area (Å²) in [5, 5.41) is 1.13. The molecule has 1 aromatic carbocycles. The van der Waals surface area contributed by atoms with Crippen molar-refractivity contribution in [2.24, 2.45) is 5.73 Å². The Balaban J connectivity index is 1.86. The molecular weight excluding hydrogens is 285 g/mol. The van der Waals surface area contributed by atoms with Crippen molar-refractivity contribution in [1.82, 2.24) is 0 Å². The van der Waals surface area contributed by atoms with Gasteiger partial charge < -0.3 is 15.2 Å². The average molecular weight is 304 g/mol. The van der Waals surface area contributed by atoms with Crippen molar-refractivity contribution in [1.29, 1.82) is 0 Å². The number of hydrogen-bond donors (Lipinski definition) is 1. The minimum atomic E-state index is -0.0350. The van der Waals surface area contributed by atoms with Crippen LogP contribution in [-0.4, -0.2) is 26.0 Å². The second kappa shape index (κ2) is 7.46. The molecule has 2 N–H and O–H groups in total. The maximum Gasteiger partial charge on any atom is 0.157 e. The van der Waals surface area contributed by atoms with Crippen molar-refractivity contribution in [3.63, 3.8) is 0 Å². The van der Waals surface area contributed by atoms with E-state index in [2.05, 4.69) is 0 Å². The van der Waals surface area contributed by atoms with Crippen LogP contribution in [-0.2, 0) is 9.47 Å². The Morgan fingerprint density at radius 3 is 2.84 bits per heavy atom. The number of rotatable bonds is 6. The lowest BCUT2D eigenvalue weighted by atomic mass is 9.96. The second-order valence-electron chi connectivity index (χ2n) is 4.71. The van der Waals surface area contributed by atoms with Crippen molar-refractivity contribution >= 4 is 23.2 Å². The first-order valence-corrected chi connectivity index (χ1v) is 7.34. The minimum Gasteiger partial charge on any atom is -0.353 e. The fourth-order valence-electron chi connectivity index (χ4n) is 2.21. The Bertz CT molecular complexity index is 408. The number of nitrogens with two attached hydrogens (primary N) is 1. The lowest BCUT2D eigenvalue weighted by molar-refractivity contribution is -0.112. The van der Waals surface area contributed by atoms with Gasteiger partial charge in [0.2, 0.25) is 0 Å². The monoisotopic (exact) mass is 303 g/mol. The van der Waals surface area contributed by atoms with Gasteiger partial charge in [0.05, 0.1) is 16.7 Å². The largest absolute Gasteiger partial charge is 0.353 e. The van der Waals surface area contributed by atoms with Crippen LogP contribution in [0.4, 0.5) is 0 Å². The van der Waals surface area contributed by atoms with Gasteiger partial charge in [-0.3, -0.25) is 0 Å². The summed E-state index contributed by atoms with van der Waals surface area (Å²) in [5.74, 6) is 0.233. The maximum atomic E-state index is 6.03. The van der Waals surface area contributed by atoms with Crippen LogP contribution in [0.15, 0.2) is 18.2 Å². The van der Waals surface area contributed by atoms with Gasteiger partial charge in [0, 0.05) is 13.0 Å². The van der Waals surface area contributed by atoms with E-state index in [1.54, 1.807) is 0 Å². The highest BCUT2D eigenvalue weighted by Crippen LogP contribution is 2.28. The smallest absolute Gasteiger partial charge is 0.157 e. The zero-order valence-corrected chi connectivity index (χ0v) is 12.3. The number of hydrogen-bond acceptors (Lipinski definition) is 3. The van der Waals surface area contributed by atoms with Crippen molar-refractivity contribution in [3.8, 4) is 0 Å². The summed E-state index contributed by atoms with van der Waals surface area (Å²) in [4.78, 5) is 0. The number of benzene rings is 1. The van der Waals surface area contributed by atoms with Gasteiger partial charge >= 0.3 is 0 Å². The van der Waals surface area contributed by atoms with E-state index in [9.17, 15) is 0 Å². The third kappa shape index (κ3) is 4.33. The Morgan fingerprint density at radius 2 is 2.21 bits per heavy atom. The Hall–Kier alpha value is -0.320. The van der Waals surface area contributed by atoms with Crippen molar-refractivity contribution in [2.45, 2.75) is 31.5 Å². The molecule has 106 valence electrons. The summed E-state index contributed by atoms with van der Waals surface area (Å²) in [6.07, 6.45) is 2.89. The van der Waals surface area contributed by atoms with Crippen molar-refractivity contribution in [2.75, 3.05) is 19.8 Å². The van der Waals surface area contributed by atoms with Crippen LogP contribution in [0.1, 0.15) is 30.7 Å². The van der Waals surface area contributed by atoms with E-state index >= 15 is 0 Å². The molecule has 1 aromatic rings. The van der Waals surface area contributed by atoms with Gasteiger partial charge in [0.1, 0.15) is 0 Å². The van der Waals surface area contributed by atoms with Crippen LogP contribution in [0.25, 0.3) is 0 Å². The zero-order chi connectivity index (χ0) is 13.7. The fraction of sp³-hybridized carbons (Fsp3) is 0.571. The lowest BCUT2D eigenvalue weighted by Gasteiger charge is -2.17. The fourth-order valence-corrected chi connectivity index (χ4v) is 2.51. The molecule has 19 heavy (non-hydrogen) atoms. The quantitative estimate of drug-likeness (QED) is 0.873. The van der Waals surface area contributed by atoms with Crippen molar-refractivity contribution < 1.29 is 9.47 Å². The predicted octanol–water partition coefficient (Wildman–Crippen LogP) is 3.58. The van der Waals surface area contributed by atoms with Crippen LogP contribution in [0.2, 0.25) is 10.0 Å². The topological polar surface area (TPSA) is 44.5 Å². The van der Waals surface area contributed by atoms with Crippen molar-refractivity contribution in [3.05, 3.63) is 33.8 Å². The van der Waals surface area contributed by atoms with E-state index in [-0.39, 0.29) is 12.2 Å². The first-order valence-electron chi connectivity index (χ1n) is 6.59. The van der Waals surface area contributed by atoms with Crippen LogP contribution < -0.4 is 5.73 Å². The van der Waals surface area contributed by atoms with Crippen LogP contribution in [0, 0.1) is 0 Å². The van der Waals surface area contributed by atoms with E-state index in [0.29, 0.717) is 23.2 Å². The van der Waals surface area contributed by atoms with E-state index in [0.717, 1.165) is 31.4 Å². The van der Waals surface area contributed by atoms with Gasteiger partial charge in [-0.2, -0.15) is 0 Å². The minimum absolute atomic E-state index is 0.0350. The molecule has 0 aliphatic carbocycles. The highest BCUT2D eigenvalue weighted by molar-refractivity contribution is 6.42. The number of halogens is 2. The molecule has 2 atom stereocenters. The summed E-state index contributed by atoms with van der Waals surface area (Å²) in [6.45, 7) is 2.01. The van der Waals surface area contributed by atoms with Crippen LogP contribution >= 0.6 is 23.2 Å². The SMILES string of the molecule is NCC(CCOC1CCCO1)c1ccc(Cl)c(Cl)c1. The Morgan fingerprint density at radius 1 is 1.37 bits per heavy atom. The molecule has 2 rings (SSSR count). The van der Waals surface area contributed by atoms with Gasteiger partial charge in [-0.25, -0.2) is 0 Å². The second-order valence-corrected chi connectivity index (χ2v) is 5.52. The molecule has 0 saturated carbocycles. The molecule has 0 amide bonds. The van der Waals surface area contributed by atoms with E-state index in [4.69, 9.17) is 38.4 Å². The highest BCUT2D eigenvalue weighted by Gasteiger charge is 2.17. The summed E-state index contributed by atoms with van der Waals surface area (Å²) < 4.78 is 11.1. The number of ether oxygens (including phenoxy) is 2. The summed E-state index contributed by atoms with van der Waals surface area (Å²) in [7, 11) is 0. The van der Waals surface area contributed by atoms with Gasteiger partial charge in [0.15, 0.2) is 6.29 Å². The zero-order valence-electron chi connectivity index (χ0n) is 10.8. The molecule has 1 saturated heterocycles. The summed E-state index contributed by atoms with van der Waals surface area (Å²) in [5.41, 5.74) is 6.93.